The van der Waals surface area contributed by atoms with Gasteiger partial charge in [0.1, 0.15) is 0 Å². The van der Waals surface area contributed by atoms with Crippen LogP contribution in [0.1, 0.15) is 18.4 Å². The van der Waals surface area contributed by atoms with Crippen LogP contribution in [-0.2, 0) is 6.42 Å². The Hall–Kier alpha value is -0.780. The van der Waals surface area contributed by atoms with Gasteiger partial charge in [-0.3, -0.25) is 0 Å². The highest BCUT2D eigenvalue weighted by atomic mass is 14.3. The molecule has 0 atom stereocenters. The van der Waals surface area contributed by atoms with Crippen molar-refractivity contribution < 1.29 is 0 Å². The van der Waals surface area contributed by atoms with Crippen LogP contribution in [0.3, 0.4) is 0 Å². The van der Waals surface area contributed by atoms with E-state index in [2.05, 4.69) is 18.2 Å². The zero-order chi connectivity index (χ0) is 6.81. The summed E-state index contributed by atoms with van der Waals surface area (Å²) in [6, 6.07) is 11.4. The summed E-state index contributed by atoms with van der Waals surface area (Å²) >= 11 is 0. The molecule has 0 N–H and O–H groups in total. The fraction of sp³-hybridized carbons (Fsp3) is 0.400. The largest absolute Gasteiger partial charge is 0.0584 e. The fourth-order valence-corrected chi connectivity index (χ4v) is 1.21. The first kappa shape index (κ1) is 5.96. The first-order valence-corrected chi connectivity index (χ1v) is 3.90. The molecule has 1 aliphatic carbocycles. The van der Waals surface area contributed by atoms with Gasteiger partial charge < -0.3 is 0 Å². The van der Waals surface area contributed by atoms with E-state index >= 15 is 0 Å². The summed E-state index contributed by atoms with van der Waals surface area (Å²) in [7, 11) is 0. The van der Waals surface area contributed by atoms with Gasteiger partial charge in [0.05, 0.1) is 0 Å². The maximum atomic E-state index is 3.03. The Morgan fingerprint density at radius 2 is 2.00 bits per heavy atom. The van der Waals surface area contributed by atoms with Crippen LogP contribution in [0.4, 0.5) is 0 Å². The standard InChI is InChI=1S/C10H11/c1-2-4-9(5-3-1)8-10-6-7-10/h2-5,10H,6-8H2. The second-order valence-electron chi connectivity index (χ2n) is 3.06. The SMILES string of the molecule is [c]1ccc(CC2CC2)cc1. The summed E-state index contributed by atoms with van der Waals surface area (Å²) in [4.78, 5) is 0. The molecule has 0 bridgehead atoms. The van der Waals surface area contributed by atoms with E-state index in [0.29, 0.717) is 0 Å². The lowest BCUT2D eigenvalue weighted by molar-refractivity contribution is 0.832. The Morgan fingerprint density at radius 1 is 1.30 bits per heavy atom. The molecule has 0 aromatic heterocycles. The van der Waals surface area contributed by atoms with E-state index in [1.807, 2.05) is 12.1 Å². The van der Waals surface area contributed by atoms with Gasteiger partial charge in [-0.2, -0.15) is 0 Å². The third-order valence-corrected chi connectivity index (χ3v) is 2.01. The molecular formula is C10H11. The highest BCUT2D eigenvalue weighted by Crippen LogP contribution is 2.32. The van der Waals surface area contributed by atoms with Gasteiger partial charge in [0, 0.05) is 0 Å². The molecule has 0 amide bonds. The van der Waals surface area contributed by atoms with Gasteiger partial charge >= 0.3 is 0 Å². The molecule has 0 nitrogen and oxygen atoms in total. The zero-order valence-corrected chi connectivity index (χ0v) is 6.01. The van der Waals surface area contributed by atoms with E-state index in [0.717, 1.165) is 5.92 Å². The van der Waals surface area contributed by atoms with E-state index in [9.17, 15) is 0 Å². The van der Waals surface area contributed by atoms with Gasteiger partial charge in [-0.1, -0.05) is 24.3 Å². The minimum atomic E-state index is 1.00. The number of hydrogen-bond acceptors (Lipinski definition) is 0. The average Bonchev–Trinajstić information content (AvgIpc) is 2.74. The molecule has 2 rings (SSSR count). The maximum absolute atomic E-state index is 3.03. The lowest BCUT2D eigenvalue weighted by Crippen LogP contribution is -1.84. The molecule has 1 saturated carbocycles. The van der Waals surface area contributed by atoms with Crippen LogP contribution in [0.15, 0.2) is 24.3 Å². The van der Waals surface area contributed by atoms with Crippen LogP contribution in [0, 0.1) is 12.0 Å². The molecular weight excluding hydrogens is 120 g/mol. The molecule has 0 saturated heterocycles. The van der Waals surface area contributed by atoms with Gasteiger partial charge in [0.2, 0.25) is 0 Å². The summed E-state index contributed by atoms with van der Waals surface area (Å²) in [5, 5.41) is 0. The molecule has 10 heavy (non-hydrogen) atoms. The van der Waals surface area contributed by atoms with Crippen molar-refractivity contribution in [2.75, 3.05) is 0 Å². The van der Waals surface area contributed by atoms with Gasteiger partial charge in [0.15, 0.2) is 0 Å². The first-order valence-electron chi connectivity index (χ1n) is 3.90. The van der Waals surface area contributed by atoms with E-state index in [1.54, 1.807) is 0 Å². The highest BCUT2D eigenvalue weighted by molar-refractivity contribution is 5.15. The molecule has 0 heterocycles. The van der Waals surface area contributed by atoms with Crippen LogP contribution in [0.2, 0.25) is 0 Å². The molecule has 1 fully saturated rings. The molecule has 1 radical (unpaired) electrons. The molecule has 1 aliphatic rings. The summed E-state index contributed by atoms with van der Waals surface area (Å²) < 4.78 is 0. The van der Waals surface area contributed by atoms with E-state index in [4.69, 9.17) is 0 Å². The quantitative estimate of drug-likeness (QED) is 0.578. The normalized spacial score (nSPS) is 17.2. The van der Waals surface area contributed by atoms with Crippen molar-refractivity contribution in [2.24, 2.45) is 5.92 Å². The Bertz CT molecular complexity index is 197. The van der Waals surface area contributed by atoms with Crippen molar-refractivity contribution in [2.45, 2.75) is 19.3 Å². The predicted molar refractivity (Wildman–Crippen MR) is 41.7 cm³/mol. The third kappa shape index (κ3) is 1.38. The topological polar surface area (TPSA) is 0 Å². The van der Waals surface area contributed by atoms with Crippen molar-refractivity contribution in [3.63, 3.8) is 0 Å². The summed E-state index contributed by atoms with van der Waals surface area (Å²) in [6.45, 7) is 0. The smallest absolute Gasteiger partial charge is 0.0184 e. The van der Waals surface area contributed by atoms with Crippen LogP contribution < -0.4 is 0 Å². The Balaban J connectivity index is 2.03. The van der Waals surface area contributed by atoms with Gasteiger partial charge in [-0.15, -0.1) is 0 Å². The van der Waals surface area contributed by atoms with E-state index in [1.165, 1.54) is 24.8 Å². The van der Waals surface area contributed by atoms with E-state index in [-0.39, 0.29) is 0 Å². The molecule has 0 spiro atoms. The second-order valence-corrected chi connectivity index (χ2v) is 3.06. The lowest BCUT2D eigenvalue weighted by atomic mass is 10.1. The zero-order valence-electron chi connectivity index (χ0n) is 6.01. The van der Waals surface area contributed by atoms with Crippen molar-refractivity contribution in [3.05, 3.63) is 35.9 Å². The maximum Gasteiger partial charge on any atom is -0.0184 e. The van der Waals surface area contributed by atoms with Gasteiger partial charge in [0.25, 0.3) is 0 Å². The monoisotopic (exact) mass is 131 g/mol. The Kier molecular flexibility index (Phi) is 1.46. The van der Waals surface area contributed by atoms with Gasteiger partial charge in [-0.25, -0.2) is 0 Å². The van der Waals surface area contributed by atoms with Crippen molar-refractivity contribution in [1.82, 2.24) is 0 Å². The number of rotatable bonds is 2. The van der Waals surface area contributed by atoms with E-state index < -0.39 is 0 Å². The van der Waals surface area contributed by atoms with Crippen LogP contribution in [0.5, 0.6) is 0 Å². The fourth-order valence-electron chi connectivity index (χ4n) is 1.21. The third-order valence-electron chi connectivity index (χ3n) is 2.01. The lowest BCUT2D eigenvalue weighted by Gasteiger charge is -1.95. The van der Waals surface area contributed by atoms with Crippen molar-refractivity contribution >= 4 is 0 Å². The van der Waals surface area contributed by atoms with Crippen molar-refractivity contribution in [1.29, 1.82) is 0 Å². The Morgan fingerprint density at radius 3 is 2.60 bits per heavy atom. The Labute approximate surface area is 61.9 Å². The molecule has 1 aromatic carbocycles. The minimum absolute atomic E-state index is 1.00. The van der Waals surface area contributed by atoms with Crippen molar-refractivity contribution in [3.8, 4) is 0 Å². The van der Waals surface area contributed by atoms with Gasteiger partial charge in [-0.05, 0) is 36.8 Å². The predicted octanol–water partition coefficient (Wildman–Crippen LogP) is 2.44. The highest BCUT2D eigenvalue weighted by Gasteiger charge is 2.20. The van der Waals surface area contributed by atoms with Crippen LogP contribution in [0.25, 0.3) is 0 Å². The molecule has 0 heteroatoms. The summed E-state index contributed by atoms with van der Waals surface area (Å²) in [6.07, 6.45) is 4.17. The minimum Gasteiger partial charge on any atom is -0.0584 e. The molecule has 51 valence electrons. The average molecular weight is 131 g/mol. The number of hydrogen-bond donors (Lipinski definition) is 0. The van der Waals surface area contributed by atoms with Crippen LogP contribution >= 0.6 is 0 Å². The molecule has 1 aromatic rings. The molecule has 0 unspecified atom stereocenters. The van der Waals surface area contributed by atoms with Crippen LogP contribution in [-0.4, -0.2) is 0 Å². The molecule has 0 aliphatic heterocycles. The number of benzene rings is 1. The summed E-state index contributed by atoms with van der Waals surface area (Å²) in [5.41, 5.74) is 1.47. The first-order chi connectivity index (χ1) is 4.95. The second kappa shape index (κ2) is 2.45. The summed E-state index contributed by atoms with van der Waals surface area (Å²) in [5.74, 6) is 1.00.